The van der Waals surface area contributed by atoms with E-state index in [9.17, 15) is 9.18 Å². The van der Waals surface area contributed by atoms with Gasteiger partial charge in [-0.05, 0) is 37.4 Å². The zero-order valence-electron chi connectivity index (χ0n) is 13.2. The van der Waals surface area contributed by atoms with Gasteiger partial charge in [0.2, 0.25) is 0 Å². The van der Waals surface area contributed by atoms with E-state index in [1.165, 1.54) is 6.42 Å². The molecule has 3 nitrogen and oxygen atoms in total. The van der Waals surface area contributed by atoms with Crippen molar-refractivity contribution in [3.8, 4) is 0 Å². The lowest BCUT2D eigenvalue weighted by Crippen LogP contribution is -2.49. The van der Waals surface area contributed by atoms with E-state index in [0.29, 0.717) is 24.6 Å². The number of hydrogen-bond acceptors (Lipinski definition) is 2. The van der Waals surface area contributed by atoms with Gasteiger partial charge in [0.15, 0.2) is 0 Å². The summed E-state index contributed by atoms with van der Waals surface area (Å²) in [6, 6.07) is 5.01. The quantitative estimate of drug-likeness (QED) is 0.852. The van der Waals surface area contributed by atoms with Crippen LogP contribution in [0.2, 0.25) is 0 Å². The molecular weight excluding hydrogens is 267 g/mol. The first-order valence-electron chi connectivity index (χ1n) is 7.75. The summed E-state index contributed by atoms with van der Waals surface area (Å²) in [6.45, 7) is 10.3. The van der Waals surface area contributed by atoms with Gasteiger partial charge in [-0.2, -0.15) is 0 Å². The molecule has 0 aliphatic carbocycles. The number of hydrogen-bond donors (Lipinski definition) is 0. The van der Waals surface area contributed by atoms with E-state index in [2.05, 4.69) is 18.7 Å². The van der Waals surface area contributed by atoms with Gasteiger partial charge in [0, 0.05) is 26.2 Å². The lowest BCUT2D eigenvalue weighted by atomic mass is 10.1. The Morgan fingerprint density at radius 2 is 1.90 bits per heavy atom. The van der Waals surface area contributed by atoms with Crippen LogP contribution in [0.5, 0.6) is 0 Å². The topological polar surface area (TPSA) is 23.6 Å². The van der Waals surface area contributed by atoms with Gasteiger partial charge in [0.1, 0.15) is 5.82 Å². The predicted molar refractivity (Wildman–Crippen MR) is 82.9 cm³/mol. The van der Waals surface area contributed by atoms with Crippen LogP contribution < -0.4 is 0 Å². The molecule has 0 aromatic heterocycles. The van der Waals surface area contributed by atoms with Crippen molar-refractivity contribution in [3.05, 3.63) is 35.1 Å². The third-order valence-electron chi connectivity index (χ3n) is 4.10. The van der Waals surface area contributed by atoms with Gasteiger partial charge in [-0.3, -0.25) is 9.69 Å². The van der Waals surface area contributed by atoms with E-state index in [4.69, 9.17) is 0 Å². The van der Waals surface area contributed by atoms with Crippen molar-refractivity contribution < 1.29 is 9.18 Å². The third-order valence-corrected chi connectivity index (χ3v) is 4.10. The second kappa shape index (κ2) is 7.03. The van der Waals surface area contributed by atoms with Gasteiger partial charge in [0.25, 0.3) is 5.91 Å². The standard InChI is InChI=1S/C17H25FN2O/c1-13(2)7-8-19-9-11-20(12-10-19)17(21)15-6-4-5-14(3)16(15)18/h4-6,13H,7-12H2,1-3H3. The molecule has 1 heterocycles. The smallest absolute Gasteiger partial charge is 0.256 e. The maximum Gasteiger partial charge on any atom is 0.256 e. The van der Waals surface area contributed by atoms with E-state index < -0.39 is 0 Å². The maximum absolute atomic E-state index is 14.0. The molecule has 4 heteroatoms. The summed E-state index contributed by atoms with van der Waals surface area (Å²) >= 11 is 0. The molecule has 1 aliphatic rings. The Balaban J connectivity index is 1.93. The minimum Gasteiger partial charge on any atom is -0.336 e. The third kappa shape index (κ3) is 4.03. The SMILES string of the molecule is Cc1cccc(C(=O)N2CCN(CCC(C)C)CC2)c1F. The average Bonchev–Trinajstić information content (AvgIpc) is 2.48. The molecule has 0 unspecified atom stereocenters. The lowest BCUT2D eigenvalue weighted by molar-refractivity contribution is 0.0627. The van der Waals surface area contributed by atoms with Crippen LogP contribution >= 0.6 is 0 Å². The van der Waals surface area contributed by atoms with Gasteiger partial charge >= 0.3 is 0 Å². The van der Waals surface area contributed by atoms with E-state index in [1.54, 1.807) is 30.0 Å². The van der Waals surface area contributed by atoms with Crippen LogP contribution in [0.3, 0.4) is 0 Å². The van der Waals surface area contributed by atoms with Crippen molar-refractivity contribution >= 4 is 5.91 Å². The second-order valence-corrected chi connectivity index (χ2v) is 6.25. The minimum absolute atomic E-state index is 0.181. The summed E-state index contributed by atoms with van der Waals surface area (Å²) in [5, 5.41) is 0. The molecule has 1 aromatic carbocycles. The summed E-state index contributed by atoms with van der Waals surface area (Å²) in [4.78, 5) is 16.6. The highest BCUT2D eigenvalue weighted by Gasteiger charge is 2.24. The average molecular weight is 292 g/mol. The second-order valence-electron chi connectivity index (χ2n) is 6.25. The zero-order chi connectivity index (χ0) is 15.4. The first-order chi connectivity index (χ1) is 9.99. The molecule has 0 N–H and O–H groups in total. The van der Waals surface area contributed by atoms with Crippen LogP contribution in [0.4, 0.5) is 4.39 Å². The predicted octanol–water partition coefficient (Wildman–Crippen LogP) is 2.94. The number of carbonyl (C=O) groups excluding carboxylic acids is 1. The van der Waals surface area contributed by atoms with Gasteiger partial charge < -0.3 is 4.90 Å². The largest absolute Gasteiger partial charge is 0.336 e. The molecule has 0 bridgehead atoms. The van der Waals surface area contributed by atoms with Crippen molar-refractivity contribution in [1.29, 1.82) is 0 Å². The van der Waals surface area contributed by atoms with Crippen LogP contribution in [-0.2, 0) is 0 Å². The fourth-order valence-electron chi connectivity index (χ4n) is 2.60. The van der Waals surface area contributed by atoms with E-state index >= 15 is 0 Å². The van der Waals surface area contributed by atoms with Gasteiger partial charge in [-0.25, -0.2) is 4.39 Å². The Kier molecular flexibility index (Phi) is 5.34. The Morgan fingerprint density at radius 3 is 2.52 bits per heavy atom. The van der Waals surface area contributed by atoms with Crippen LogP contribution in [0.15, 0.2) is 18.2 Å². The molecular formula is C17H25FN2O. The van der Waals surface area contributed by atoms with Crippen molar-refractivity contribution in [1.82, 2.24) is 9.80 Å². The molecule has 21 heavy (non-hydrogen) atoms. The number of nitrogens with zero attached hydrogens (tertiary/aromatic N) is 2. The summed E-state index contributed by atoms with van der Waals surface area (Å²) < 4.78 is 14.0. The van der Waals surface area contributed by atoms with E-state index in [-0.39, 0.29) is 17.3 Å². The van der Waals surface area contributed by atoms with Crippen molar-refractivity contribution in [2.24, 2.45) is 5.92 Å². The Bertz CT molecular complexity index is 494. The minimum atomic E-state index is -0.385. The van der Waals surface area contributed by atoms with Crippen molar-refractivity contribution in [2.45, 2.75) is 27.2 Å². The normalized spacial score (nSPS) is 16.5. The van der Waals surface area contributed by atoms with Crippen LogP contribution in [0, 0.1) is 18.7 Å². The summed E-state index contributed by atoms with van der Waals surface area (Å²) in [5.74, 6) is 0.135. The summed E-state index contributed by atoms with van der Waals surface area (Å²) in [5.41, 5.74) is 0.724. The van der Waals surface area contributed by atoms with Crippen LogP contribution in [-0.4, -0.2) is 48.4 Å². The highest BCUT2D eigenvalue weighted by atomic mass is 19.1. The number of piperazine rings is 1. The van der Waals surface area contributed by atoms with Crippen molar-refractivity contribution in [3.63, 3.8) is 0 Å². The Morgan fingerprint density at radius 1 is 1.24 bits per heavy atom. The highest BCUT2D eigenvalue weighted by Crippen LogP contribution is 2.16. The number of amides is 1. The number of halogens is 1. The zero-order valence-corrected chi connectivity index (χ0v) is 13.2. The molecule has 0 saturated carbocycles. The van der Waals surface area contributed by atoms with Gasteiger partial charge in [0.05, 0.1) is 5.56 Å². The molecule has 0 radical (unpaired) electrons. The van der Waals surface area contributed by atoms with E-state index in [0.717, 1.165) is 19.6 Å². The monoisotopic (exact) mass is 292 g/mol. The van der Waals surface area contributed by atoms with Crippen molar-refractivity contribution in [2.75, 3.05) is 32.7 Å². The molecule has 116 valence electrons. The molecule has 0 atom stereocenters. The molecule has 2 rings (SSSR count). The van der Waals surface area contributed by atoms with Gasteiger partial charge in [-0.1, -0.05) is 26.0 Å². The first kappa shape index (κ1) is 16.0. The Hall–Kier alpha value is -1.42. The molecule has 1 fully saturated rings. The lowest BCUT2D eigenvalue weighted by Gasteiger charge is -2.35. The molecule has 1 aromatic rings. The van der Waals surface area contributed by atoms with E-state index in [1.807, 2.05) is 0 Å². The number of benzene rings is 1. The number of carbonyl (C=O) groups is 1. The van der Waals surface area contributed by atoms with Gasteiger partial charge in [-0.15, -0.1) is 0 Å². The number of rotatable bonds is 4. The summed E-state index contributed by atoms with van der Waals surface area (Å²) in [7, 11) is 0. The fraction of sp³-hybridized carbons (Fsp3) is 0.588. The van der Waals surface area contributed by atoms with Crippen LogP contribution in [0.25, 0.3) is 0 Å². The van der Waals surface area contributed by atoms with Crippen LogP contribution in [0.1, 0.15) is 36.2 Å². The molecule has 1 saturated heterocycles. The highest BCUT2D eigenvalue weighted by molar-refractivity contribution is 5.94. The summed E-state index contributed by atoms with van der Waals surface area (Å²) in [6.07, 6.45) is 1.18. The first-order valence-corrected chi connectivity index (χ1v) is 7.75. The molecule has 1 aliphatic heterocycles. The maximum atomic E-state index is 14.0. The Labute approximate surface area is 126 Å². The molecule has 0 spiro atoms. The molecule has 1 amide bonds. The fourth-order valence-corrected chi connectivity index (χ4v) is 2.60. The number of aryl methyl sites for hydroxylation is 1.